The Balaban J connectivity index is 0. The molecular weight excluding hydrogens is 160 g/mol. The molecule has 0 aromatic rings. The van der Waals surface area contributed by atoms with Crippen molar-refractivity contribution in [1.29, 1.82) is 0 Å². The second-order valence-electron chi connectivity index (χ2n) is 3.52. The van der Waals surface area contributed by atoms with Gasteiger partial charge in [0.05, 0.1) is 6.10 Å². The van der Waals surface area contributed by atoms with Crippen LogP contribution in [0, 0.1) is 11.8 Å². The van der Waals surface area contributed by atoms with Crippen LogP contribution in [-0.4, -0.2) is 11.2 Å². The Morgan fingerprint density at radius 3 is 1.92 bits per heavy atom. The van der Waals surface area contributed by atoms with Gasteiger partial charge >= 0.3 is 0 Å². The molecule has 2 atom stereocenters. The van der Waals surface area contributed by atoms with Crippen molar-refractivity contribution in [1.82, 2.24) is 0 Å². The van der Waals surface area contributed by atoms with Gasteiger partial charge in [0.1, 0.15) is 0 Å². The Bertz CT molecular complexity index is 138. The van der Waals surface area contributed by atoms with Crippen LogP contribution in [0.15, 0.2) is 25.3 Å². The van der Waals surface area contributed by atoms with E-state index in [1.807, 2.05) is 6.08 Å². The zero-order valence-electron chi connectivity index (χ0n) is 8.16. The summed E-state index contributed by atoms with van der Waals surface area (Å²) in [5.74, 6) is 0.818. The van der Waals surface area contributed by atoms with Gasteiger partial charge in [-0.05, 0) is 24.7 Å². The number of hydrogen-bond donors (Lipinski definition) is 1. The first-order valence-electron chi connectivity index (χ1n) is 4.53. The third-order valence-corrected chi connectivity index (χ3v) is 2.20. The molecule has 0 aromatic heterocycles. The third kappa shape index (κ3) is 5.64. The van der Waals surface area contributed by atoms with E-state index in [4.69, 9.17) is 0 Å². The minimum atomic E-state index is -0.263. The van der Waals surface area contributed by atoms with E-state index >= 15 is 0 Å². The maximum absolute atomic E-state index is 9.69. The van der Waals surface area contributed by atoms with Crippen LogP contribution in [-0.2, 0) is 0 Å². The highest BCUT2D eigenvalue weighted by atomic mass is 16.3. The molecule has 0 heterocycles. The SMILES string of the molecule is C.C=CC[C@@H](O)[C@@H](CC=C)C(C)C. The van der Waals surface area contributed by atoms with Crippen molar-refractivity contribution in [2.45, 2.75) is 40.2 Å². The molecule has 0 amide bonds. The van der Waals surface area contributed by atoms with E-state index in [1.165, 1.54) is 0 Å². The summed E-state index contributed by atoms with van der Waals surface area (Å²) in [4.78, 5) is 0. The number of aliphatic hydroxyl groups excluding tert-OH is 1. The van der Waals surface area contributed by atoms with E-state index in [0.29, 0.717) is 18.3 Å². The molecule has 0 aliphatic heterocycles. The average molecular weight is 184 g/mol. The minimum absolute atomic E-state index is 0. The second-order valence-corrected chi connectivity index (χ2v) is 3.52. The lowest BCUT2D eigenvalue weighted by molar-refractivity contribution is 0.0855. The molecule has 0 fully saturated rings. The molecule has 0 saturated carbocycles. The van der Waals surface area contributed by atoms with Crippen LogP contribution in [0.4, 0.5) is 0 Å². The van der Waals surface area contributed by atoms with Gasteiger partial charge in [-0.25, -0.2) is 0 Å². The summed E-state index contributed by atoms with van der Waals surface area (Å²) >= 11 is 0. The normalized spacial score (nSPS) is 14.5. The van der Waals surface area contributed by atoms with Gasteiger partial charge in [-0.2, -0.15) is 0 Å². The lowest BCUT2D eigenvalue weighted by Crippen LogP contribution is -2.24. The standard InChI is InChI=1S/C11H20O.CH4/c1-5-7-10(9(3)4)11(12)8-6-2;/h5-6,9-12H,1-2,7-8H2,3-4H3;1H4/t10-,11+;/m0./s1. The zero-order chi connectivity index (χ0) is 9.56. The van der Waals surface area contributed by atoms with E-state index in [9.17, 15) is 5.11 Å². The van der Waals surface area contributed by atoms with Crippen LogP contribution in [0.25, 0.3) is 0 Å². The van der Waals surface area contributed by atoms with Crippen molar-refractivity contribution >= 4 is 0 Å². The molecule has 1 N–H and O–H groups in total. The van der Waals surface area contributed by atoms with Crippen molar-refractivity contribution in [2.75, 3.05) is 0 Å². The van der Waals surface area contributed by atoms with Crippen molar-refractivity contribution in [3.8, 4) is 0 Å². The number of rotatable bonds is 6. The van der Waals surface area contributed by atoms with Crippen LogP contribution in [0.2, 0.25) is 0 Å². The van der Waals surface area contributed by atoms with Crippen LogP contribution in [0.5, 0.6) is 0 Å². The Morgan fingerprint density at radius 2 is 1.62 bits per heavy atom. The Hall–Kier alpha value is -0.560. The lowest BCUT2D eigenvalue weighted by atomic mass is 9.86. The van der Waals surface area contributed by atoms with Gasteiger partial charge in [0.15, 0.2) is 0 Å². The van der Waals surface area contributed by atoms with E-state index in [0.717, 1.165) is 6.42 Å². The molecule has 0 spiro atoms. The maximum Gasteiger partial charge on any atom is 0.0608 e. The highest BCUT2D eigenvalue weighted by Crippen LogP contribution is 2.21. The summed E-state index contributed by atoms with van der Waals surface area (Å²) in [7, 11) is 0. The molecular formula is C12H24O. The monoisotopic (exact) mass is 184 g/mol. The first-order chi connectivity index (χ1) is 5.63. The first kappa shape index (κ1) is 14.9. The first-order valence-corrected chi connectivity index (χ1v) is 4.53. The predicted octanol–water partition coefficient (Wildman–Crippen LogP) is 3.41. The van der Waals surface area contributed by atoms with E-state index in [-0.39, 0.29) is 13.5 Å². The van der Waals surface area contributed by atoms with Crippen molar-refractivity contribution in [2.24, 2.45) is 11.8 Å². The van der Waals surface area contributed by atoms with E-state index in [1.54, 1.807) is 6.08 Å². The molecule has 0 radical (unpaired) electrons. The Morgan fingerprint density at radius 1 is 1.15 bits per heavy atom. The Labute approximate surface area is 83.2 Å². The number of hydrogen-bond acceptors (Lipinski definition) is 1. The van der Waals surface area contributed by atoms with Gasteiger partial charge < -0.3 is 5.11 Å². The zero-order valence-corrected chi connectivity index (χ0v) is 8.16. The van der Waals surface area contributed by atoms with Crippen molar-refractivity contribution < 1.29 is 5.11 Å². The predicted molar refractivity (Wildman–Crippen MR) is 60.7 cm³/mol. The van der Waals surface area contributed by atoms with Gasteiger partial charge in [0.25, 0.3) is 0 Å². The molecule has 78 valence electrons. The van der Waals surface area contributed by atoms with Crippen LogP contribution >= 0.6 is 0 Å². The van der Waals surface area contributed by atoms with Crippen molar-refractivity contribution in [3.63, 3.8) is 0 Å². The van der Waals surface area contributed by atoms with Gasteiger partial charge in [0.2, 0.25) is 0 Å². The molecule has 0 aromatic carbocycles. The summed E-state index contributed by atoms with van der Waals surface area (Å²) in [6, 6.07) is 0. The fourth-order valence-corrected chi connectivity index (χ4v) is 1.41. The summed E-state index contributed by atoms with van der Waals surface area (Å²) < 4.78 is 0. The number of aliphatic hydroxyl groups is 1. The third-order valence-electron chi connectivity index (χ3n) is 2.20. The number of allylic oxidation sites excluding steroid dienone is 1. The van der Waals surface area contributed by atoms with Crippen LogP contribution in [0.1, 0.15) is 34.1 Å². The maximum atomic E-state index is 9.69. The highest BCUT2D eigenvalue weighted by molar-refractivity contribution is 4.84. The van der Waals surface area contributed by atoms with Gasteiger partial charge in [-0.15, -0.1) is 13.2 Å². The van der Waals surface area contributed by atoms with Crippen molar-refractivity contribution in [3.05, 3.63) is 25.3 Å². The molecule has 0 unspecified atom stereocenters. The van der Waals surface area contributed by atoms with E-state index < -0.39 is 0 Å². The highest BCUT2D eigenvalue weighted by Gasteiger charge is 2.19. The molecule has 0 aliphatic rings. The largest absolute Gasteiger partial charge is 0.392 e. The fraction of sp³-hybridized carbons (Fsp3) is 0.667. The molecule has 1 nitrogen and oxygen atoms in total. The van der Waals surface area contributed by atoms with Crippen LogP contribution in [0.3, 0.4) is 0 Å². The lowest BCUT2D eigenvalue weighted by Gasteiger charge is -2.24. The summed E-state index contributed by atoms with van der Waals surface area (Å²) in [6.45, 7) is 11.6. The van der Waals surface area contributed by atoms with Gasteiger partial charge in [-0.1, -0.05) is 33.4 Å². The molecule has 0 bridgehead atoms. The molecule has 13 heavy (non-hydrogen) atoms. The summed E-state index contributed by atoms with van der Waals surface area (Å²) in [5.41, 5.74) is 0. The minimum Gasteiger partial charge on any atom is -0.392 e. The molecule has 0 saturated heterocycles. The topological polar surface area (TPSA) is 20.2 Å². The molecule has 0 aliphatic carbocycles. The van der Waals surface area contributed by atoms with Crippen LogP contribution < -0.4 is 0 Å². The summed E-state index contributed by atoms with van der Waals surface area (Å²) in [6.07, 6.45) is 4.93. The fourth-order valence-electron chi connectivity index (χ4n) is 1.41. The molecule has 0 rings (SSSR count). The summed E-state index contributed by atoms with van der Waals surface area (Å²) in [5, 5.41) is 9.69. The Kier molecular flexibility index (Phi) is 9.26. The molecule has 1 heteroatoms. The quantitative estimate of drug-likeness (QED) is 0.627. The smallest absolute Gasteiger partial charge is 0.0608 e. The van der Waals surface area contributed by atoms with Gasteiger partial charge in [-0.3, -0.25) is 0 Å². The van der Waals surface area contributed by atoms with Gasteiger partial charge in [0, 0.05) is 0 Å². The van der Waals surface area contributed by atoms with E-state index in [2.05, 4.69) is 27.0 Å². The average Bonchev–Trinajstić information content (AvgIpc) is 1.99. The second kappa shape index (κ2) is 8.06.